The minimum Gasteiger partial charge on any atom is -0.489 e. The van der Waals surface area contributed by atoms with Crippen molar-refractivity contribution in [2.45, 2.75) is 13.2 Å². The van der Waals surface area contributed by atoms with E-state index in [1.54, 1.807) is 0 Å². The average molecular weight is 360 g/mol. The van der Waals surface area contributed by atoms with Gasteiger partial charge in [-0.05, 0) is 35.9 Å². The van der Waals surface area contributed by atoms with Crippen LogP contribution in [0, 0.1) is 0 Å². The molecule has 0 aliphatic heterocycles. The average Bonchev–Trinajstić information content (AvgIpc) is 2.71. The van der Waals surface area contributed by atoms with Gasteiger partial charge in [-0.2, -0.15) is 0 Å². The van der Waals surface area contributed by atoms with Gasteiger partial charge in [-0.25, -0.2) is 0 Å². The van der Waals surface area contributed by atoms with Crippen molar-refractivity contribution in [2.75, 3.05) is 19.0 Å². The minimum atomic E-state index is -0.0982. The second-order valence-electron chi connectivity index (χ2n) is 6.50. The van der Waals surface area contributed by atoms with E-state index in [9.17, 15) is 4.79 Å². The normalized spacial score (nSPS) is 10.3. The summed E-state index contributed by atoms with van der Waals surface area (Å²) in [4.78, 5) is 14.7. The van der Waals surface area contributed by atoms with Crippen molar-refractivity contribution < 1.29 is 9.53 Å². The van der Waals surface area contributed by atoms with E-state index in [2.05, 4.69) is 5.32 Å². The second kappa shape index (κ2) is 8.90. The monoisotopic (exact) mass is 360 g/mol. The fourth-order valence-corrected chi connectivity index (χ4v) is 2.73. The predicted molar refractivity (Wildman–Crippen MR) is 109 cm³/mol. The van der Waals surface area contributed by atoms with Gasteiger partial charge in [-0.1, -0.05) is 48.5 Å². The lowest BCUT2D eigenvalue weighted by Crippen LogP contribution is -2.24. The van der Waals surface area contributed by atoms with Crippen LogP contribution < -0.4 is 15.0 Å². The highest BCUT2D eigenvalue weighted by Crippen LogP contribution is 2.16. The van der Waals surface area contributed by atoms with Gasteiger partial charge in [-0.3, -0.25) is 4.79 Å². The summed E-state index contributed by atoms with van der Waals surface area (Å²) in [6, 6.07) is 25.3. The van der Waals surface area contributed by atoms with Crippen molar-refractivity contribution in [3.63, 3.8) is 0 Å². The summed E-state index contributed by atoms with van der Waals surface area (Å²) in [6.07, 6.45) is 0. The van der Waals surface area contributed by atoms with E-state index in [-0.39, 0.29) is 5.91 Å². The lowest BCUT2D eigenvalue weighted by molar-refractivity contribution is 0.0948. The maximum absolute atomic E-state index is 12.7. The molecule has 27 heavy (non-hydrogen) atoms. The van der Waals surface area contributed by atoms with Crippen molar-refractivity contribution in [2.24, 2.45) is 0 Å². The molecule has 0 spiro atoms. The summed E-state index contributed by atoms with van der Waals surface area (Å²) in [5.74, 6) is 0.688. The zero-order valence-corrected chi connectivity index (χ0v) is 15.7. The van der Waals surface area contributed by atoms with Gasteiger partial charge in [0.25, 0.3) is 5.91 Å². The number of rotatable bonds is 7. The van der Waals surface area contributed by atoms with Crippen LogP contribution in [-0.4, -0.2) is 20.0 Å². The number of benzene rings is 3. The molecular formula is C23H24N2O2. The zero-order valence-electron chi connectivity index (χ0n) is 15.7. The maximum Gasteiger partial charge on any atom is 0.251 e. The Morgan fingerprint density at radius 2 is 1.56 bits per heavy atom. The van der Waals surface area contributed by atoms with E-state index in [1.807, 2.05) is 97.9 Å². The number of nitrogens with one attached hydrogen (secondary N) is 1. The number of ether oxygens (including phenoxy) is 1. The zero-order chi connectivity index (χ0) is 19.1. The Hall–Kier alpha value is -3.27. The number of para-hydroxylation sites is 1. The summed E-state index contributed by atoms with van der Waals surface area (Å²) < 4.78 is 5.80. The van der Waals surface area contributed by atoms with Crippen LogP contribution in [-0.2, 0) is 13.2 Å². The highest BCUT2D eigenvalue weighted by Gasteiger charge is 2.11. The quantitative estimate of drug-likeness (QED) is 0.684. The summed E-state index contributed by atoms with van der Waals surface area (Å²) in [6.45, 7) is 0.839. The molecular weight excluding hydrogens is 336 g/mol. The molecule has 0 atom stereocenters. The molecule has 0 aliphatic rings. The van der Waals surface area contributed by atoms with Crippen LogP contribution in [0.4, 0.5) is 5.69 Å². The van der Waals surface area contributed by atoms with Crippen LogP contribution in [0.5, 0.6) is 5.75 Å². The fraction of sp³-hybridized carbons (Fsp3) is 0.174. The van der Waals surface area contributed by atoms with E-state index in [0.29, 0.717) is 18.7 Å². The summed E-state index contributed by atoms with van der Waals surface area (Å²) in [5.41, 5.74) is 3.70. The van der Waals surface area contributed by atoms with Crippen molar-refractivity contribution >= 4 is 11.6 Å². The van der Waals surface area contributed by atoms with E-state index in [0.717, 1.165) is 22.6 Å². The Morgan fingerprint density at radius 1 is 0.889 bits per heavy atom. The maximum atomic E-state index is 12.7. The van der Waals surface area contributed by atoms with Crippen molar-refractivity contribution in [1.29, 1.82) is 0 Å². The molecule has 1 amide bonds. The molecule has 0 saturated carbocycles. The Bertz CT molecular complexity index is 874. The van der Waals surface area contributed by atoms with Crippen LogP contribution in [0.1, 0.15) is 21.5 Å². The van der Waals surface area contributed by atoms with Crippen molar-refractivity contribution in [3.05, 3.63) is 95.6 Å². The Kier molecular flexibility index (Phi) is 6.10. The van der Waals surface area contributed by atoms with Gasteiger partial charge in [-0.15, -0.1) is 0 Å². The third-order valence-corrected chi connectivity index (χ3v) is 4.31. The molecule has 4 nitrogen and oxygen atoms in total. The molecule has 0 bridgehead atoms. The lowest BCUT2D eigenvalue weighted by atomic mass is 10.1. The van der Waals surface area contributed by atoms with Crippen molar-refractivity contribution in [1.82, 2.24) is 5.32 Å². The first-order valence-electron chi connectivity index (χ1n) is 8.94. The van der Waals surface area contributed by atoms with Crippen LogP contribution in [0.25, 0.3) is 0 Å². The molecule has 3 rings (SSSR count). The highest BCUT2D eigenvalue weighted by molar-refractivity contribution is 5.95. The molecule has 0 fully saturated rings. The van der Waals surface area contributed by atoms with Gasteiger partial charge in [0, 0.05) is 37.5 Å². The lowest BCUT2D eigenvalue weighted by Gasteiger charge is -2.14. The van der Waals surface area contributed by atoms with Crippen LogP contribution in [0.15, 0.2) is 78.9 Å². The van der Waals surface area contributed by atoms with E-state index < -0.39 is 0 Å². The molecule has 0 radical (unpaired) electrons. The number of hydrogen-bond donors (Lipinski definition) is 1. The highest BCUT2D eigenvalue weighted by atomic mass is 16.5. The van der Waals surface area contributed by atoms with E-state index in [1.165, 1.54) is 0 Å². The Morgan fingerprint density at radius 3 is 2.26 bits per heavy atom. The first-order valence-corrected chi connectivity index (χ1v) is 8.94. The third kappa shape index (κ3) is 5.11. The molecule has 138 valence electrons. The minimum absolute atomic E-state index is 0.0982. The first kappa shape index (κ1) is 18.5. The standard InChI is InChI=1S/C23H24N2O2/c1-25(2)20-14-12-18(13-15-20)16-24-23(26)22-11-7-6-8-19(22)17-27-21-9-4-3-5-10-21/h3-15H,16-17H2,1-2H3,(H,24,26). The smallest absolute Gasteiger partial charge is 0.251 e. The molecule has 0 aromatic heterocycles. The van der Waals surface area contributed by atoms with Gasteiger partial charge in [0.05, 0.1) is 0 Å². The van der Waals surface area contributed by atoms with Crippen LogP contribution in [0.3, 0.4) is 0 Å². The topological polar surface area (TPSA) is 41.6 Å². The summed E-state index contributed by atoms with van der Waals surface area (Å²) >= 11 is 0. The predicted octanol–water partition coefficient (Wildman–Crippen LogP) is 4.26. The molecule has 3 aromatic carbocycles. The number of nitrogens with zero attached hydrogens (tertiary/aromatic N) is 1. The summed E-state index contributed by atoms with van der Waals surface area (Å²) in [7, 11) is 4.01. The van der Waals surface area contributed by atoms with Gasteiger partial charge in [0.2, 0.25) is 0 Å². The van der Waals surface area contributed by atoms with Gasteiger partial charge < -0.3 is 15.0 Å². The molecule has 3 aromatic rings. The molecule has 0 aliphatic carbocycles. The molecule has 1 N–H and O–H groups in total. The van der Waals surface area contributed by atoms with Gasteiger partial charge >= 0.3 is 0 Å². The summed E-state index contributed by atoms with van der Waals surface area (Å²) in [5, 5.41) is 2.99. The van der Waals surface area contributed by atoms with E-state index >= 15 is 0 Å². The van der Waals surface area contributed by atoms with Gasteiger partial charge in [0.15, 0.2) is 0 Å². The number of anilines is 1. The SMILES string of the molecule is CN(C)c1ccc(CNC(=O)c2ccccc2COc2ccccc2)cc1. The molecule has 4 heteroatoms. The number of carbonyl (C=O) groups is 1. The van der Waals surface area contributed by atoms with Crippen LogP contribution >= 0.6 is 0 Å². The van der Waals surface area contributed by atoms with Gasteiger partial charge in [0.1, 0.15) is 12.4 Å². The molecule has 0 heterocycles. The number of carbonyl (C=O) groups excluding carboxylic acids is 1. The fourth-order valence-electron chi connectivity index (χ4n) is 2.73. The number of amides is 1. The number of hydrogen-bond acceptors (Lipinski definition) is 3. The third-order valence-electron chi connectivity index (χ3n) is 4.31. The van der Waals surface area contributed by atoms with E-state index in [4.69, 9.17) is 4.74 Å². The molecule has 0 saturated heterocycles. The first-order chi connectivity index (χ1) is 13.1. The second-order valence-corrected chi connectivity index (χ2v) is 6.50. The van der Waals surface area contributed by atoms with Crippen molar-refractivity contribution in [3.8, 4) is 5.75 Å². The van der Waals surface area contributed by atoms with Crippen LogP contribution in [0.2, 0.25) is 0 Å². The largest absolute Gasteiger partial charge is 0.489 e. The Labute approximate surface area is 160 Å². The Balaban J connectivity index is 1.62. The molecule has 0 unspecified atom stereocenters.